The van der Waals surface area contributed by atoms with Gasteiger partial charge in [-0.25, -0.2) is 13.2 Å². The number of halogens is 3. The zero-order valence-corrected chi connectivity index (χ0v) is 24.7. The average molecular weight is 616 g/mol. The van der Waals surface area contributed by atoms with E-state index in [4.69, 9.17) is 20.9 Å². The maximum Gasteiger partial charge on any atom is 0.319 e. The summed E-state index contributed by atoms with van der Waals surface area (Å²) in [5.74, 6) is 1.30. The van der Waals surface area contributed by atoms with Crippen molar-refractivity contribution in [2.24, 2.45) is 0 Å². The van der Waals surface area contributed by atoms with Crippen LogP contribution in [0.4, 0.5) is 19.0 Å². The Morgan fingerprint density at radius 2 is 2.02 bits per heavy atom. The van der Waals surface area contributed by atoms with Crippen molar-refractivity contribution in [1.82, 2.24) is 19.9 Å². The van der Waals surface area contributed by atoms with Gasteiger partial charge in [0.1, 0.15) is 41.4 Å². The second-order valence-corrected chi connectivity index (χ2v) is 12.8. The zero-order valence-electron chi connectivity index (χ0n) is 24.7. The molecule has 6 heterocycles. The van der Waals surface area contributed by atoms with Gasteiger partial charge in [-0.2, -0.15) is 9.97 Å². The Bertz CT molecular complexity index is 1890. The van der Waals surface area contributed by atoms with E-state index in [9.17, 15) is 13.9 Å². The Morgan fingerprint density at radius 1 is 1.13 bits per heavy atom. The molecule has 4 aromatic rings. The molecule has 45 heavy (non-hydrogen) atoms. The SMILES string of the molecule is C#Cc1c(F)ccc2cc(O)cc(-c3ncc4c(N5CCC56CCCOC6)nc(OC[C@@]56CCCN5C[C@H](F)C6)nc4c3F)c12. The standard InChI is InChI=1S/C34H32F3N5O3/c1-2-23-26(36)6-5-20-13-22(43)14-24(27(20)23)29-28(37)30-25(16-38-29)31(42-11-9-33(42)8-4-12-44-18-33)40-32(39-30)45-19-34-7-3-10-41(34)17-21(35)15-34/h1,5-6,13-14,16,21,43H,3-4,7-12,15,17-19H2/t21-,33?,34+/m1/s1. The number of alkyl halides is 1. The first-order valence-electron chi connectivity index (χ1n) is 15.5. The third-order valence-electron chi connectivity index (χ3n) is 10.3. The van der Waals surface area contributed by atoms with Crippen LogP contribution in [0.5, 0.6) is 11.8 Å². The van der Waals surface area contributed by atoms with Crippen molar-refractivity contribution in [1.29, 1.82) is 0 Å². The van der Waals surface area contributed by atoms with Gasteiger partial charge in [0.05, 0.1) is 28.6 Å². The molecular formula is C34H32F3N5O3. The third-order valence-corrected chi connectivity index (χ3v) is 10.3. The molecule has 1 spiro atoms. The molecule has 2 aromatic heterocycles. The smallest absolute Gasteiger partial charge is 0.319 e. The van der Waals surface area contributed by atoms with Gasteiger partial charge in [0.25, 0.3) is 0 Å². The van der Waals surface area contributed by atoms with E-state index in [0.717, 1.165) is 38.6 Å². The summed E-state index contributed by atoms with van der Waals surface area (Å²) < 4.78 is 58.2. The Balaban J connectivity index is 1.28. The fraction of sp³-hybridized carbons (Fsp3) is 0.441. The molecule has 8 nitrogen and oxygen atoms in total. The van der Waals surface area contributed by atoms with Crippen LogP contribution < -0.4 is 9.64 Å². The number of rotatable bonds is 5. The molecule has 0 amide bonds. The maximum absolute atomic E-state index is 16.8. The van der Waals surface area contributed by atoms with Crippen molar-refractivity contribution >= 4 is 27.5 Å². The van der Waals surface area contributed by atoms with Crippen molar-refractivity contribution in [3.05, 3.63) is 47.7 Å². The van der Waals surface area contributed by atoms with Crippen molar-refractivity contribution < 1.29 is 27.8 Å². The molecule has 1 unspecified atom stereocenters. The number of pyridine rings is 1. The summed E-state index contributed by atoms with van der Waals surface area (Å²) in [5, 5.41) is 11.6. The fourth-order valence-corrected chi connectivity index (χ4v) is 8.00. The Labute approximate surface area is 258 Å². The topological polar surface area (TPSA) is 83.8 Å². The first-order valence-corrected chi connectivity index (χ1v) is 15.5. The number of benzene rings is 2. The summed E-state index contributed by atoms with van der Waals surface area (Å²) >= 11 is 0. The first-order chi connectivity index (χ1) is 21.8. The summed E-state index contributed by atoms with van der Waals surface area (Å²) in [5.41, 5.74) is -0.785. The summed E-state index contributed by atoms with van der Waals surface area (Å²) in [7, 11) is 0. The van der Waals surface area contributed by atoms with E-state index in [2.05, 4.69) is 25.7 Å². The number of hydrogen-bond donors (Lipinski definition) is 1. The van der Waals surface area contributed by atoms with Crippen molar-refractivity contribution in [2.45, 2.75) is 55.8 Å². The zero-order chi connectivity index (χ0) is 30.9. The lowest BCUT2D eigenvalue weighted by atomic mass is 9.80. The van der Waals surface area contributed by atoms with Crippen LogP contribution in [0.1, 0.15) is 44.1 Å². The van der Waals surface area contributed by atoms with Crippen LogP contribution in [0.3, 0.4) is 0 Å². The predicted molar refractivity (Wildman–Crippen MR) is 163 cm³/mol. The van der Waals surface area contributed by atoms with Gasteiger partial charge in [0.2, 0.25) is 0 Å². The highest BCUT2D eigenvalue weighted by Gasteiger charge is 2.50. The van der Waals surface area contributed by atoms with E-state index < -0.39 is 23.3 Å². The molecule has 0 radical (unpaired) electrons. The maximum atomic E-state index is 16.8. The van der Waals surface area contributed by atoms with Crippen LogP contribution >= 0.6 is 0 Å². The number of aromatic hydroxyl groups is 1. The number of hydrogen-bond acceptors (Lipinski definition) is 8. The van der Waals surface area contributed by atoms with E-state index in [1.54, 1.807) is 0 Å². The first kappa shape index (κ1) is 28.3. The summed E-state index contributed by atoms with van der Waals surface area (Å²) in [6.45, 7) is 3.31. The monoisotopic (exact) mass is 615 g/mol. The van der Waals surface area contributed by atoms with Gasteiger partial charge in [0, 0.05) is 43.3 Å². The Morgan fingerprint density at radius 3 is 2.80 bits per heavy atom. The summed E-state index contributed by atoms with van der Waals surface area (Å²) in [6.07, 6.45) is 11.1. The number of ether oxygens (including phenoxy) is 2. The van der Waals surface area contributed by atoms with Gasteiger partial charge in [-0.1, -0.05) is 12.0 Å². The Kier molecular flexibility index (Phi) is 6.59. The Hall–Kier alpha value is -4.14. The van der Waals surface area contributed by atoms with Crippen LogP contribution in [0.25, 0.3) is 32.9 Å². The van der Waals surface area contributed by atoms with E-state index in [-0.39, 0.29) is 51.6 Å². The average Bonchev–Trinajstić information content (AvgIpc) is 3.56. The minimum atomic E-state index is -0.921. The molecule has 4 fully saturated rings. The normalized spacial score (nSPS) is 26.4. The predicted octanol–water partition coefficient (Wildman–Crippen LogP) is 5.52. The number of fused-ring (bicyclic) bond motifs is 3. The number of phenols is 1. The lowest BCUT2D eigenvalue weighted by molar-refractivity contribution is 0.00932. The van der Waals surface area contributed by atoms with Gasteiger partial charge in [-0.15, -0.1) is 6.42 Å². The number of anilines is 1. The molecule has 8 rings (SSSR count). The van der Waals surface area contributed by atoms with Gasteiger partial charge in [-0.05, 0) is 62.2 Å². The highest BCUT2D eigenvalue weighted by Crippen LogP contribution is 2.45. The number of phenolic OH excluding ortho intramolecular Hbond substituents is 1. The molecule has 1 N–H and O–H groups in total. The molecule has 0 saturated carbocycles. The summed E-state index contributed by atoms with van der Waals surface area (Å²) in [4.78, 5) is 18.1. The van der Waals surface area contributed by atoms with Crippen LogP contribution in [-0.4, -0.2) is 81.7 Å². The third kappa shape index (κ3) is 4.41. The van der Waals surface area contributed by atoms with E-state index in [1.165, 1.54) is 30.5 Å². The van der Waals surface area contributed by atoms with Crippen molar-refractivity contribution in [2.75, 3.05) is 44.4 Å². The van der Waals surface area contributed by atoms with Gasteiger partial charge in [0.15, 0.2) is 5.82 Å². The quantitative estimate of drug-likeness (QED) is 0.294. The molecule has 232 valence electrons. The molecule has 4 aliphatic heterocycles. The minimum Gasteiger partial charge on any atom is -0.508 e. The second-order valence-electron chi connectivity index (χ2n) is 12.8. The van der Waals surface area contributed by atoms with Crippen LogP contribution in [0.2, 0.25) is 0 Å². The summed E-state index contributed by atoms with van der Waals surface area (Å²) in [6, 6.07) is 5.45. The highest BCUT2D eigenvalue weighted by molar-refractivity contribution is 6.03. The lowest BCUT2D eigenvalue weighted by Crippen LogP contribution is -2.64. The van der Waals surface area contributed by atoms with Crippen LogP contribution in [0.15, 0.2) is 30.5 Å². The molecule has 4 saturated heterocycles. The molecule has 0 bridgehead atoms. The van der Waals surface area contributed by atoms with Crippen molar-refractivity contribution in [3.8, 4) is 35.4 Å². The molecule has 4 aliphatic rings. The van der Waals surface area contributed by atoms with Gasteiger partial charge in [-0.3, -0.25) is 9.88 Å². The van der Waals surface area contributed by atoms with Gasteiger partial charge >= 0.3 is 6.01 Å². The van der Waals surface area contributed by atoms with E-state index >= 15 is 4.39 Å². The van der Waals surface area contributed by atoms with E-state index in [1.807, 2.05) is 0 Å². The molecule has 0 aliphatic carbocycles. The molecule has 11 heteroatoms. The van der Waals surface area contributed by atoms with E-state index in [0.29, 0.717) is 49.3 Å². The lowest BCUT2D eigenvalue weighted by Gasteiger charge is -2.55. The molecule has 2 aromatic carbocycles. The molecule has 3 atom stereocenters. The van der Waals surface area contributed by atoms with Gasteiger partial charge < -0.3 is 19.5 Å². The van der Waals surface area contributed by atoms with Crippen molar-refractivity contribution in [3.63, 3.8) is 0 Å². The molecular weight excluding hydrogens is 583 g/mol. The van der Waals surface area contributed by atoms with Crippen LogP contribution in [0, 0.1) is 24.0 Å². The number of terminal acetylenes is 1. The number of nitrogens with zero attached hydrogens (tertiary/aromatic N) is 5. The second kappa shape index (κ2) is 10.5. The highest BCUT2D eigenvalue weighted by atomic mass is 19.1. The largest absolute Gasteiger partial charge is 0.508 e. The minimum absolute atomic E-state index is 0.00742. The number of aromatic nitrogens is 3. The van der Waals surface area contributed by atoms with Crippen LogP contribution in [-0.2, 0) is 4.74 Å². The fourth-order valence-electron chi connectivity index (χ4n) is 8.00.